The molecular formula is C18H14F3N3O3S3. The molecule has 1 aromatic carbocycles. The fourth-order valence-electron chi connectivity index (χ4n) is 2.96. The SMILES string of the molecule is O=C(Nc1nc2c(s1)CN(S(=O)(=O)c1ccc(C(F)(F)F)cc1)CC2)c1cccs1. The van der Waals surface area contributed by atoms with E-state index in [9.17, 15) is 26.4 Å². The molecule has 6 nitrogen and oxygen atoms in total. The molecule has 2 aromatic heterocycles. The lowest BCUT2D eigenvalue weighted by Gasteiger charge is -2.25. The number of halogens is 3. The van der Waals surface area contributed by atoms with Crippen LogP contribution in [0.1, 0.15) is 25.8 Å². The minimum absolute atomic E-state index is 0.0469. The van der Waals surface area contributed by atoms with E-state index in [-0.39, 0.29) is 23.9 Å². The molecule has 0 saturated heterocycles. The van der Waals surface area contributed by atoms with Crippen LogP contribution < -0.4 is 5.32 Å². The van der Waals surface area contributed by atoms with Gasteiger partial charge in [0, 0.05) is 17.8 Å². The number of anilines is 1. The topological polar surface area (TPSA) is 79.4 Å². The predicted molar refractivity (Wildman–Crippen MR) is 107 cm³/mol. The van der Waals surface area contributed by atoms with Crippen LogP contribution in [0.2, 0.25) is 0 Å². The van der Waals surface area contributed by atoms with Crippen molar-refractivity contribution >= 4 is 43.7 Å². The highest BCUT2D eigenvalue weighted by atomic mass is 32.2. The molecule has 0 unspecified atom stereocenters. The zero-order valence-electron chi connectivity index (χ0n) is 15.1. The molecule has 0 saturated carbocycles. The molecule has 0 fully saturated rings. The number of thiophene rings is 1. The summed E-state index contributed by atoms with van der Waals surface area (Å²) in [5.74, 6) is -0.287. The summed E-state index contributed by atoms with van der Waals surface area (Å²) in [4.78, 5) is 17.6. The van der Waals surface area contributed by atoms with Gasteiger partial charge in [0.25, 0.3) is 5.91 Å². The maximum Gasteiger partial charge on any atom is 0.416 e. The third-order valence-electron chi connectivity index (χ3n) is 4.48. The number of rotatable bonds is 4. The molecule has 0 radical (unpaired) electrons. The van der Waals surface area contributed by atoms with Crippen molar-refractivity contribution in [1.82, 2.24) is 9.29 Å². The minimum atomic E-state index is -4.53. The predicted octanol–water partition coefficient (Wildman–Crippen LogP) is 4.22. The number of hydrogen-bond acceptors (Lipinski definition) is 6. The van der Waals surface area contributed by atoms with E-state index in [2.05, 4.69) is 10.3 Å². The largest absolute Gasteiger partial charge is 0.416 e. The Balaban J connectivity index is 1.51. The van der Waals surface area contributed by atoms with Gasteiger partial charge in [0.2, 0.25) is 10.0 Å². The first-order valence-electron chi connectivity index (χ1n) is 8.65. The van der Waals surface area contributed by atoms with Crippen LogP contribution in [0.15, 0.2) is 46.7 Å². The number of aromatic nitrogens is 1. The van der Waals surface area contributed by atoms with Crippen molar-refractivity contribution in [2.45, 2.75) is 24.0 Å². The maximum absolute atomic E-state index is 12.9. The Hall–Kier alpha value is -2.28. The lowest BCUT2D eigenvalue weighted by molar-refractivity contribution is -0.137. The van der Waals surface area contributed by atoms with Gasteiger partial charge in [-0.05, 0) is 35.7 Å². The summed E-state index contributed by atoms with van der Waals surface area (Å²) in [6, 6.07) is 6.89. The third-order valence-corrected chi connectivity index (χ3v) is 8.21. The number of amides is 1. The highest BCUT2D eigenvalue weighted by Gasteiger charge is 2.33. The summed E-state index contributed by atoms with van der Waals surface area (Å²) in [5.41, 5.74) is -0.198. The van der Waals surface area contributed by atoms with Crippen LogP contribution in [-0.2, 0) is 29.2 Å². The molecule has 1 aliphatic rings. The average Bonchev–Trinajstić information content (AvgIpc) is 3.36. The van der Waals surface area contributed by atoms with E-state index in [1.54, 1.807) is 17.5 Å². The lowest BCUT2D eigenvalue weighted by atomic mass is 10.2. The second kappa shape index (κ2) is 7.76. The number of thiazole rings is 1. The third kappa shape index (κ3) is 4.13. The lowest BCUT2D eigenvalue weighted by Crippen LogP contribution is -2.35. The van der Waals surface area contributed by atoms with Crippen LogP contribution in [-0.4, -0.2) is 30.2 Å². The van der Waals surface area contributed by atoms with Crippen molar-refractivity contribution in [3.63, 3.8) is 0 Å². The van der Waals surface area contributed by atoms with Crippen LogP contribution in [0.25, 0.3) is 0 Å². The van der Waals surface area contributed by atoms with Crippen molar-refractivity contribution in [1.29, 1.82) is 0 Å². The summed E-state index contributed by atoms with van der Waals surface area (Å²) >= 11 is 2.48. The second-order valence-electron chi connectivity index (χ2n) is 6.43. The molecule has 3 aromatic rings. The first-order chi connectivity index (χ1) is 14.1. The van der Waals surface area contributed by atoms with Gasteiger partial charge in [0.05, 0.1) is 27.6 Å². The van der Waals surface area contributed by atoms with Gasteiger partial charge in [-0.2, -0.15) is 17.5 Å². The quantitative estimate of drug-likeness (QED) is 0.615. The van der Waals surface area contributed by atoms with Gasteiger partial charge in [-0.3, -0.25) is 10.1 Å². The van der Waals surface area contributed by atoms with Crippen molar-refractivity contribution in [2.24, 2.45) is 0 Å². The number of hydrogen-bond donors (Lipinski definition) is 1. The Kier molecular flexibility index (Phi) is 5.43. The van der Waals surface area contributed by atoms with Crippen LogP contribution in [0, 0.1) is 0 Å². The standard InChI is InChI=1S/C18H14F3N3O3S3/c19-18(20,21)11-3-5-12(6-4-11)30(26,27)24-8-7-13-15(10-24)29-17(22-13)23-16(25)14-2-1-9-28-14/h1-6,9H,7-8,10H2,(H,22,23,25). The van der Waals surface area contributed by atoms with E-state index in [0.717, 1.165) is 24.3 Å². The number of alkyl halides is 3. The van der Waals surface area contributed by atoms with Gasteiger partial charge < -0.3 is 0 Å². The molecule has 12 heteroatoms. The van der Waals surface area contributed by atoms with E-state index in [4.69, 9.17) is 0 Å². The molecular weight excluding hydrogens is 459 g/mol. The Bertz CT molecular complexity index is 1170. The molecule has 0 atom stereocenters. The molecule has 1 amide bonds. The number of nitrogens with zero attached hydrogens (tertiary/aromatic N) is 2. The molecule has 3 heterocycles. The molecule has 0 bridgehead atoms. The molecule has 30 heavy (non-hydrogen) atoms. The number of nitrogens with one attached hydrogen (secondary N) is 1. The van der Waals surface area contributed by atoms with E-state index in [0.29, 0.717) is 27.0 Å². The number of carbonyl (C=O) groups is 1. The van der Waals surface area contributed by atoms with Crippen LogP contribution >= 0.6 is 22.7 Å². The smallest absolute Gasteiger partial charge is 0.297 e. The molecule has 158 valence electrons. The molecule has 0 spiro atoms. The van der Waals surface area contributed by atoms with Gasteiger partial charge in [0.1, 0.15) is 0 Å². The van der Waals surface area contributed by atoms with Crippen molar-refractivity contribution < 1.29 is 26.4 Å². The van der Waals surface area contributed by atoms with E-state index in [1.807, 2.05) is 0 Å². The van der Waals surface area contributed by atoms with Gasteiger partial charge >= 0.3 is 6.18 Å². The van der Waals surface area contributed by atoms with Crippen molar-refractivity contribution in [3.05, 3.63) is 62.8 Å². The fraction of sp³-hybridized carbons (Fsp3) is 0.222. The van der Waals surface area contributed by atoms with Crippen LogP contribution in [0.4, 0.5) is 18.3 Å². The Morgan fingerprint density at radius 2 is 1.90 bits per heavy atom. The Morgan fingerprint density at radius 1 is 1.17 bits per heavy atom. The van der Waals surface area contributed by atoms with Crippen molar-refractivity contribution in [3.8, 4) is 0 Å². The van der Waals surface area contributed by atoms with Crippen LogP contribution in [0.3, 0.4) is 0 Å². The molecule has 1 aliphatic heterocycles. The van der Waals surface area contributed by atoms with E-state index >= 15 is 0 Å². The monoisotopic (exact) mass is 473 g/mol. The number of sulfonamides is 1. The summed E-state index contributed by atoms with van der Waals surface area (Å²) in [6.45, 7) is 0.198. The first-order valence-corrected chi connectivity index (χ1v) is 11.8. The minimum Gasteiger partial charge on any atom is -0.297 e. The van der Waals surface area contributed by atoms with Crippen LogP contribution in [0.5, 0.6) is 0 Å². The van der Waals surface area contributed by atoms with E-state index in [1.165, 1.54) is 27.0 Å². The summed E-state index contributed by atoms with van der Waals surface area (Å²) in [7, 11) is -3.96. The fourth-order valence-corrected chi connectivity index (χ4v) is 6.09. The number of benzene rings is 1. The van der Waals surface area contributed by atoms with Gasteiger partial charge in [0.15, 0.2) is 5.13 Å². The van der Waals surface area contributed by atoms with E-state index < -0.39 is 21.8 Å². The van der Waals surface area contributed by atoms with Gasteiger partial charge in [-0.25, -0.2) is 13.4 Å². The summed E-state index contributed by atoms with van der Waals surface area (Å²) in [6.07, 6.45) is -4.19. The highest BCUT2D eigenvalue weighted by molar-refractivity contribution is 7.89. The molecule has 0 aliphatic carbocycles. The zero-order chi connectivity index (χ0) is 21.5. The number of fused-ring (bicyclic) bond motifs is 1. The second-order valence-corrected chi connectivity index (χ2v) is 10.4. The van der Waals surface area contributed by atoms with Gasteiger partial charge in [-0.15, -0.1) is 22.7 Å². The number of carbonyl (C=O) groups excluding carboxylic acids is 1. The highest BCUT2D eigenvalue weighted by Crippen LogP contribution is 2.33. The normalized spacial score (nSPS) is 15.0. The first kappa shape index (κ1) is 21.0. The molecule has 1 N–H and O–H groups in total. The van der Waals surface area contributed by atoms with Gasteiger partial charge in [-0.1, -0.05) is 6.07 Å². The Labute approximate surface area is 178 Å². The molecule has 4 rings (SSSR count). The van der Waals surface area contributed by atoms with Crippen molar-refractivity contribution in [2.75, 3.05) is 11.9 Å². The summed E-state index contributed by atoms with van der Waals surface area (Å²) in [5, 5.41) is 4.88. The average molecular weight is 474 g/mol. The summed E-state index contributed by atoms with van der Waals surface area (Å²) < 4.78 is 65.1. The Morgan fingerprint density at radius 3 is 2.53 bits per heavy atom. The maximum atomic E-state index is 12.9. The zero-order valence-corrected chi connectivity index (χ0v) is 17.6.